The van der Waals surface area contributed by atoms with Crippen LogP contribution in [0.25, 0.3) is 16.7 Å². The zero-order valence-corrected chi connectivity index (χ0v) is 24.8. The molecule has 0 radical (unpaired) electrons. The van der Waals surface area contributed by atoms with Crippen molar-refractivity contribution in [1.29, 1.82) is 0 Å². The van der Waals surface area contributed by atoms with Gasteiger partial charge in [-0.2, -0.15) is 18.3 Å². The maximum atomic E-state index is 14.1. The molecule has 1 aliphatic rings. The fraction of sp³-hybridized carbons (Fsp3) is 0.273. The lowest BCUT2D eigenvalue weighted by Crippen LogP contribution is -2.34. The summed E-state index contributed by atoms with van der Waals surface area (Å²) in [5, 5.41) is 6.40. The Kier molecular flexibility index (Phi) is 11.1. The smallest absolute Gasteiger partial charge is 0.346 e. The summed E-state index contributed by atoms with van der Waals surface area (Å²) in [5.74, 6) is -3.17. The number of carbonyl (C=O) groups is 2. The van der Waals surface area contributed by atoms with E-state index in [1.807, 2.05) is 0 Å². The van der Waals surface area contributed by atoms with E-state index >= 15 is 0 Å². The second-order valence-electron chi connectivity index (χ2n) is 10.5. The molecule has 4 aromatic rings. The van der Waals surface area contributed by atoms with Crippen LogP contribution in [0.2, 0.25) is 0 Å². The Morgan fingerprint density at radius 1 is 1.04 bits per heavy atom. The molecule has 13 heteroatoms. The number of nitrogens with zero attached hydrogens (tertiary/aromatic N) is 3. The number of nitrogens with one attached hydrogen (secondary N) is 1. The van der Waals surface area contributed by atoms with Crippen molar-refractivity contribution in [3.63, 3.8) is 0 Å². The molecule has 1 amide bonds. The SMILES string of the molecule is CN.O=Cc1cc(-c2cccnc2C(Cc2cc(F)cc(F)c2)NC(=O)Cn2cc(C3=CCCCC3)c(C(F)(F)F)n2)ccc1F. The number of aromatic nitrogens is 3. The molecule has 5 rings (SSSR count). The van der Waals surface area contributed by atoms with Crippen LogP contribution < -0.4 is 11.1 Å². The van der Waals surface area contributed by atoms with Crippen molar-refractivity contribution >= 4 is 17.8 Å². The molecule has 0 spiro atoms. The van der Waals surface area contributed by atoms with E-state index in [1.165, 1.54) is 31.6 Å². The molecule has 0 saturated carbocycles. The average molecular weight is 644 g/mol. The Balaban J connectivity index is 0.00000235. The number of carbonyl (C=O) groups excluding carboxylic acids is 2. The first-order chi connectivity index (χ1) is 22.0. The van der Waals surface area contributed by atoms with Crippen molar-refractivity contribution in [2.75, 3.05) is 7.05 Å². The zero-order chi connectivity index (χ0) is 33.4. The molecule has 1 aliphatic carbocycles. The van der Waals surface area contributed by atoms with E-state index in [0.717, 1.165) is 35.7 Å². The summed E-state index contributed by atoms with van der Waals surface area (Å²) in [5.41, 5.74) is 4.81. The van der Waals surface area contributed by atoms with Crippen LogP contribution in [0, 0.1) is 17.5 Å². The molecule has 46 heavy (non-hydrogen) atoms. The highest BCUT2D eigenvalue weighted by Crippen LogP contribution is 2.37. The molecule has 0 fully saturated rings. The summed E-state index contributed by atoms with van der Waals surface area (Å²) in [4.78, 5) is 29.1. The van der Waals surface area contributed by atoms with E-state index in [0.29, 0.717) is 41.9 Å². The molecular formula is C33H31F6N5O2. The fourth-order valence-electron chi connectivity index (χ4n) is 5.34. The van der Waals surface area contributed by atoms with Crippen molar-refractivity contribution in [1.82, 2.24) is 20.1 Å². The highest BCUT2D eigenvalue weighted by atomic mass is 19.4. The summed E-state index contributed by atoms with van der Waals surface area (Å²) >= 11 is 0. The minimum absolute atomic E-state index is 0.0777. The molecule has 2 heterocycles. The minimum atomic E-state index is -4.74. The highest BCUT2D eigenvalue weighted by molar-refractivity contribution is 5.81. The van der Waals surface area contributed by atoms with Crippen LogP contribution in [0.1, 0.15) is 64.6 Å². The van der Waals surface area contributed by atoms with Gasteiger partial charge in [0.1, 0.15) is 24.0 Å². The quantitative estimate of drug-likeness (QED) is 0.154. The van der Waals surface area contributed by atoms with Crippen LogP contribution in [-0.2, 0) is 23.9 Å². The Bertz CT molecular complexity index is 1710. The third-order valence-electron chi connectivity index (χ3n) is 7.27. The topological polar surface area (TPSA) is 103 Å². The zero-order valence-electron chi connectivity index (χ0n) is 24.8. The molecule has 3 N–H and O–H groups in total. The number of benzene rings is 2. The first-order valence-corrected chi connectivity index (χ1v) is 14.4. The van der Waals surface area contributed by atoms with Gasteiger partial charge in [-0.05, 0) is 86.2 Å². The van der Waals surface area contributed by atoms with Gasteiger partial charge < -0.3 is 11.1 Å². The lowest BCUT2D eigenvalue weighted by Gasteiger charge is -2.22. The van der Waals surface area contributed by atoms with E-state index in [2.05, 4.69) is 21.1 Å². The van der Waals surface area contributed by atoms with Crippen LogP contribution >= 0.6 is 0 Å². The van der Waals surface area contributed by atoms with Crippen molar-refractivity contribution in [2.45, 2.75) is 50.9 Å². The second-order valence-corrected chi connectivity index (χ2v) is 10.5. The van der Waals surface area contributed by atoms with E-state index in [1.54, 1.807) is 18.2 Å². The fourth-order valence-corrected chi connectivity index (χ4v) is 5.34. The van der Waals surface area contributed by atoms with Gasteiger partial charge in [0.05, 0.1) is 17.3 Å². The van der Waals surface area contributed by atoms with Gasteiger partial charge in [0.2, 0.25) is 5.91 Å². The Morgan fingerprint density at radius 2 is 1.78 bits per heavy atom. The van der Waals surface area contributed by atoms with Crippen LogP contribution in [0.5, 0.6) is 0 Å². The molecule has 2 aromatic carbocycles. The molecule has 2 aromatic heterocycles. The maximum Gasteiger partial charge on any atom is 0.435 e. The van der Waals surface area contributed by atoms with Gasteiger partial charge >= 0.3 is 6.18 Å². The second kappa shape index (κ2) is 15.0. The lowest BCUT2D eigenvalue weighted by atomic mass is 9.94. The number of nitrogens with two attached hydrogens (primary N) is 1. The van der Waals surface area contributed by atoms with E-state index in [-0.39, 0.29) is 28.8 Å². The number of halogens is 6. The predicted octanol–water partition coefficient (Wildman–Crippen LogP) is 6.83. The molecule has 0 saturated heterocycles. The van der Waals surface area contributed by atoms with Crippen LogP contribution in [-0.4, -0.2) is 34.0 Å². The molecule has 1 atom stereocenters. The van der Waals surface area contributed by atoms with E-state index in [9.17, 15) is 35.9 Å². The summed E-state index contributed by atoms with van der Waals surface area (Å²) in [6.45, 7) is -0.585. The van der Waals surface area contributed by atoms with Crippen molar-refractivity contribution in [2.24, 2.45) is 5.73 Å². The van der Waals surface area contributed by atoms with Gasteiger partial charge in [-0.15, -0.1) is 0 Å². The number of allylic oxidation sites excluding steroid dienone is 2. The predicted molar refractivity (Wildman–Crippen MR) is 160 cm³/mol. The summed E-state index contributed by atoms with van der Waals surface area (Å²) < 4.78 is 84.7. The number of hydrogen-bond acceptors (Lipinski definition) is 5. The monoisotopic (exact) mass is 643 g/mol. The molecule has 1 unspecified atom stereocenters. The van der Waals surface area contributed by atoms with Crippen LogP contribution in [0.4, 0.5) is 26.3 Å². The van der Waals surface area contributed by atoms with Gasteiger partial charge in [-0.25, -0.2) is 13.2 Å². The van der Waals surface area contributed by atoms with Crippen molar-refractivity contribution in [3.8, 4) is 11.1 Å². The lowest BCUT2D eigenvalue weighted by molar-refractivity contribution is -0.142. The standard InChI is InChI=1S/C32H26F6N4O2.CH5N/c33-23-11-19(12-24(34)15-23)13-28(30-25(7-4-10-39-30)21-8-9-27(35)22(14-21)18-43)40-29(44)17-42-16-26(20-5-2-1-3-6-20)31(41-42)32(36,37)38;1-2/h4-5,7-12,14-16,18,28H,1-3,6,13,17H2,(H,40,44);2H2,1H3. The number of alkyl halides is 3. The van der Waals surface area contributed by atoms with Crippen LogP contribution in [0.15, 0.2) is 67.0 Å². The highest BCUT2D eigenvalue weighted by Gasteiger charge is 2.38. The van der Waals surface area contributed by atoms with Gasteiger partial charge in [-0.1, -0.05) is 18.2 Å². The normalized spacial score (nSPS) is 13.7. The Labute approximate surface area is 261 Å². The summed E-state index contributed by atoms with van der Waals surface area (Å²) in [6, 6.07) is 8.82. The largest absolute Gasteiger partial charge is 0.435 e. The first-order valence-electron chi connectivity index (χ1n) is 14.4. The van der Waals surface area contributed by atoms with Gasteiger partial charge in [0.25, 0.3) is 0 Å². The number of hydrogen-bond donors (Lipinski definition) is 2. The summed E-state index contributed by atoms with van der Waals surface area (Å²) in [7, 11) is 1.50. The number of amides is 1. The molecule has 7 nitrogen and oxygen atoms in total. The molecule has 242 valence electrons. The van der Waals surface area contributed by atoms with Gasteiger partial charge in [0, 0.05) is 29.6 Å². The molecular weight excluding hydrogens is 612 g/mol. The third kappa shape index (κ3) is 8.27. The van der Waals surface area contributed by atoms with E-state index < -0.39 is 47.8 Å². The first kappa shape index (κ1) is 34.1. The number of pyridine rings is 1. The molecule has 0 aliphatic heterocycles. The van der Waals surface area contributed by atoms with Gasteiger partial charge in [0.15, 0.2) is 12.0 Å². The van der Waals surface area contributed by atoms with Crippen molar-refractivity contribution < 1.29 is 35.9 Å². The Morgan fingerprint density at radius 3 is 2.43 bits per heavy atom. The third-order valence-corrected chi connectivity index (χ3v) is 7.27. The van der Waals surface area contributed by atoms with E-state index in [4.69, 9.17) is 0 Å². The summed E-state index contributed by atoms with van der Waals surface area (Å²) in [6.07, 6.45) is 2.55. The maximum absolute atomic E-state index is 14.1. The van der Waals surface area contributed by atoms with Gasteiger partial charge in [-0.3, -0.25) is 19.3 Å². The minimum Gasteiger partial charge on any atom is -0.346 e. The number of aldehydes is 1. The average Bonchev–Trinajstić information content (AvgIpc) is 3.46. The number of rotatable bonds is 9. The Hall–Kier alpha value is -4.78. The van der Waals surface area contributed by atoms with Crippen LogP contribution in [0.3, 0.4) is 0 Å². The van der Waals surface area contributed by atoms with Crippen molar-refractivity contribution in [3.05, 3.63) is 113 Å². The molecule has 0 bridgehead atoms.